The predicted molar refractivity (Wildman–Crippen MR) is 54.0 cm³/mol. The molecule has 1 rings (SSSR count). The molecule has 76 valence electrons. The Morgan fingerprint density at radius 2 is 1.79 bits per heavy atom. The SMILES string of the molecule is CCCc1nc(C)c(C(N)=O)c(C)n1. The molecular formula is C10H15N3O. The topological polar surface area (TPSA) is 68.9 Å². The quantitative estimate of drug-likeness (QED) is 0.782. The van der Waals surface area contributed by atoms with E-state index in [4.69, 9.17) is 5.73 Å². The molecule has 4 heteroatoms. The third kappa shape index (κ3) is 2.07. The van der Waals surface area contributed by atoms with Crippen LogP contribution < -0.4 is 5.73 Å². The molecule has 4 nitrogen and oxygen atoms in total. The number of rotatable bonds is 3. The minimum absolute atomic E-state index is 0.449. The van der Waals surface area contributed by atoms with Crippen molar-refractivity contribution in [2.75, 3.05) is 0 Å². The molecular weight excluding hydrogens is 178 g/mol. The van der Waals surface area contributed by atoms with Gasteiger partial charge in [-0.05, 0) is 20.3 Å². The largest absolute Gasteiger partial charge is 0.365 e. The van der Waals surface area contributed by atoms with Crippen molar-refractivity contribution in [1.82, 2.24) is 9.97 Å². The van der Waals surface area contributed by atoms with Gasteiger partial charge in [-0.1, -0.05) is 6.92 Å². The third-order valence-electron chi connectivity index (χ3n) is 2.04. The Morgan fingerprint density at radius 1 is 1.29 bits per heavy atom. The maximum Gasteiger partial charge on any atom is 0.252 e. The molecule has 1 heterocycles. The van der Waals surface area contributed by atoms with Crippen molar-refractivity contribution in [1.29, 1.82) is 0 Å². The summed E-state index contributed by atoms with van der Waals surface area (Å²) >= 11 is 0. The first-order valence-corrected chi connectivity index (χ1v) is 4.70. The van der Waals surface area contributed by atoms with Gasteiger partial charge in [-0.15, -0.1) is 0 Å². The number of primary amides is 1. The molecule has 0 radical (unpaired) electrons. The Hall–Kier alpha value is -1.45. The number of carbonyl (C=O) groups excluding carboxylic acids is 1. The van der Waals surface area contributed by atoms with Crippen LogP contribution >= 0.6 is 0 Å². The number of nitrogens with two attached hydrogens (primary N) is 1. The lowest BCUT2D eigenvalue weighted by molar-refractivity contribution is 0.0998. The lowest BCUT2D eigenvalue weighted by atomic mass is 10.1. The van der Waals surface area contributed by atoms with Crippen LogP contribution in [-0.4, -0.2) is 15.9 Å². The first-order valence-electron chi connectivity index (χ1n) is 4.70. The summed E-state index contributed by atoms with van der Waals surface area (Å²) in [6, 6.07) is 0. The normalized spacial score (nSPS) is 10.2. The van der Waals surface area contributed by atoms with Crippen LogP contribution in [-0.2, 0) is 6.42 Å². The number of amides is 1. The smallest absolute Gasteiger partial charge is 0.252 e. The van der Waals surface area contributed by atoms with Crippen LogP contribution in [0, 0.1) is 13.8 Å². The van der Waals surface area contributed by atoms with Gasteiger partial charge in [-0.3, -0.25) is 4.79 Å². The average molecular weight is 193 g/mol. The average Bonchev–Trinajstić information content (AvgIpc) is 2.01. The fourth-order valence-corrected chi connectivity index (χ4v) is 1.48. The van der Waals surface area contributed by atoms with Crippen molar-refractivity contribution in [2.45, 2.75) is 33.6 Å². The Labute approximate surface area is 83.6 Å². The lowest BCUT2D eigenvalue weighted by Gasteiger charge is -2.06. The van der Waals surface area contributed by atoms with E-state index in [-0.39, 0.29) is 0 Å². The molecule has 0 aliphatic carbocycles. The summed E-state index contributed by atoms with van der Waals surface area (Å²) < 4.78 is 0. The highest BCUT2D eigenvalue weighted by Gasteiger charge is 2.12. The molecule has 0 atom stereocenters. The van der Waals surface area contributed by atoms with Crippen LogP contribution in [0.25, 0.3) is 0 Å². The van der Waals surface area contributed by atoms with Gasteiger partial charge in [-0.2, -0.15) is 0 Å². The Morgan fingerprint density at radius 3 is 2.14 bits per heavy atom. The summed E-state index contributed by atoms with van der Waals surface area (Å²) in [5.41, 5.74) is 7.02. The summed E-state index contributed by atoms with van der Waals surface area (Å²) in [5, 5.41) is 0. The first-order chi connectivity index (χ1) is 6.56. The molecule has 1 aromatic rings. The molecule has 1 aromatic heterocycles. The minimum Gasteiger partial charge on any atom is -0.365 e. The van der Waals surface area contributed by atoms with E-state index >= 15 is 0 Å². The van der Waals surface area contributed by atoms with Gasteiger partial charge in [0.15, 0.2) is 0 Å². The molecule has 0 aliphatic heterocycles. The summed E-state index contributed by atoms with van der Waals surface area (Å²) in [6.45, 7) is 5.64. The van der Waals surface area contributed by atoms with Crippen LogP contribution in [0.3, 0.4) is 0 Å². The van der Waals surface area contributed by atoms with Crippen molar-refractivity contribution in [2.24, 2.45) is 5.73 Å². The Kier molecular flexibility index (Phi) is 3.17. The molecule has 0 bridgehead atoms. The van der Waals surface area contributed by atoms with E-state index in [1.165, 1.54) is 0 Å². The zero-order valence-corrected chi connectivity index (χ0v) is 8.79. The lowest BCUT2D eigenvalue weighted by Crippen LogP contribution is -2.17. The monoisotopic (exact) mass is 193 g/mol. The second kappa shape index (κ2) is 4.17. The molecule has 0 aromatic carbocycles. The molecule has 0 fully saturated rings. The Balaban J connectivity index is 3.18. The molecule has 0 saturated heterocycles. The van der Waals surface area contributed by atoms with Gasteiger partial charge in [0.1, 0.15) is 5.82 Å². The Bertz CT molecular complexity index is 337. The number of carbonyl (C=O) groups is 1. The number of hydrogen-bond acceptors (Lipinski definition) is 3. The van der Waals surface area contributed by atoms with Gasteiger partial charge in [0.2, 0.25) is 0 Å². The standard InChI is InChI=1S/C10H15N3O/c1-4-5-8-12-6(2)9(10(11)14)7(3)13-8/h4-5H2,1-3H3,(H2,11,14). The number of aromatic nitrogens is 2. The summed E-state index contributed by atoms with van der Waals surface area (Å²) in [4.78, 5) is 19.5. The van der Waals surface area contributed by atoms with E-state index in [1.54, 1.807) is 13.8 Å². The van der Waals surface area contributed by atoms with Gasteiger partial charge in [0, 0.05) is 6.42 Å². The second-order valence-corrected chi connectivity index (χ2v) is 3.30. The van der Waals surface area contributed by atoms with E-state index < -0.39 is 5.91 Å². The van der Waals surface area contributed by atoms with Crippen molar-refractivity contribution >= 4 is 5.91 Å². The molecule has 0 saturated carbocycles. The van der Waals surface area contributed by atoms with Crippen LogP contribution in [0.15, 0.2) is 0 Å². The summed E-state index contributed by atoms with van der Waals surface area (Å²) in [5.74, 6) is 0.329. The molecule has 14 heavy (non-hydrogen) atoms. The van der Waals surface area contributed by atoms with Crippen molar-refractivity contribution in [3.63, 3.8) is 0 Å². The van der Waals surface area contributed by atoms with Gasteiger partial charge in [0.05, 0.1) is 17.0 Å². The van der Waals surface area contributed by atoms with E-state index in [1.807, 2.05) is 0 Å². The summed E-state index contributed by atoms with van der Waals surface area (Å²) in [7, 11) is 0. The van der Waals surface area contributed by atoms with Crippen LogP contribution in [0.5, 0.6) is 0 Å². The predicted octanol–water partition coefficient (Wildman–Crippen LogP) is 1.14. The van der Waals surface area contributed by atoms with Crippen LogP contribution in [0.2, 0.25) is 0 Å². The van der Waals surface area contributed by atoms with E-state index in [0.29, 0.717) is 17.0 Å². The molecule has 0 unspecified atom stereocenters. The van der Waals surface area contributed by atoms with E-state index in [2.05, 4.69) is 16.9 Å². The molecule has 1 amide bonds. The highest BCUT2D eigenvalue weighted by Crippen LogP contribution is 2.10. The van der Waals surface area contributed by atoms with Gasteiger partial charge < -0.3 is 5.73 Å². The highest BCUT2D eigenvalue weighted by atomic mass is 16.1. The van der Waals surface area contributed by atoms with Crippen molar-refractivity contribution < 1.29 is 4.79 Å². The fraction of sp³-hybridized carbons (Fsp3) is 0.500. The maximum atomic E-state index is 11.1. The van der Waals surface area contributed by atoms with E-state index in [9.17, 15) is 4.79 Å². The molecule has 0 spiro atoms. The van der Waals surface area contributed by atoms with Crippen molar-refractivity contribution in [3.05, 3.63) is 22.8 Å². The van der Waals surface area contributed by atoms with Gasteiger partial charge in [0.25, 0.3) is 5.91 Å². The molecule has 2 N–H and O–H groups in total. The van der Waals surface area contributed by atoms with Gasteiger partial charge >= 0.3 is 0 Å². The van der Waals surface area contributed by atoms with Crippen molar-refractivity contribution in [3.8, 4) is 0 Å². The van der Waals surface area contributed by atoms with Gasteiger partial charge in [-0.25, -0.2) is 9.97 Å². The number of nitrogens with zero attached hydrogens (tertiary/aromatic N) is 2. The number of hydrogen-bond donors (Lipinski definition) is 1. The second-order valence-electron chi connectivity index (χ2n) is 3.30. The van der Waals surface area contributed by atoms with Crippen LogP contribution in [0.1, 0.15) is 40.9 Å². The van der Waals surface area contributed by atoms with Crippen LogP contribution in [0.4, 0.5) is 0 Å². The summed E-state index contributed by atoms with van der Waals surface area (Å²) in [6.07, 6.45) is 1.83. The molecule has 0 aliphatic rings. The highest BCUT2D eigenvalue weighted by molar-refractivity contribution is 5.94. The minimum atomic E-state index is -0.456. The van der Waals surface area contributed by atoms with E-state index in [0.717, 1.165) is 18.7 Å². The maximum absolute atomic E-state index is 11.1. The zero-order valence-electron chi connectivity index (χ0n) is 8.79. The number of aryl methyl sites for hydroxylation is 3. The third-order valence-corrected chi connectivity index (χ3v) is 2.04. The first kappa shape index (κ1) is 10.6. The fourth-order valence-electron chi connectivity index (χ4n) is 1.48. The zero-order chi connectivity index (χ0) is 10.7.